The van der Waals surface area contributed by atoms with Crippen LogP contribution in [0.5, 0.6) is 11.5 Å². The van der Waals surface area contributed by atoms with E-state index in [0.29, 0.717) is 22.8 Å². The van der Waals surface area contributed by atoms with Crippen molar-refractivity contribution in [3.63, 3.8) is 0 Å². The van der Waals surface area contributed by atoms with Crippen molar-refractivity contribution in [2.24, 2.45) is 5.10 Å². The number of nitrogens with zero attached hydrogens (tertiary/aromatic N) is 2. The van der Waals surface area contributed by atoms with Gasteiger partial charge in [0.05, 0.1) is 26.1 Å². The molecule has 3 amide bonds. The summed E-state index contributed by atoms with van der Waals surface area (Å²) in [6, 6.07) is 8.34. The number of methoxy groups -OCH3 is 1. The van der Waals surface area contributed by atoms with Gasteiger partial charge in [0.25, 0.3) is 5.91 Å². The molecule has 1 saturated heterocycles. The minimum absolute atomic E-state index is 0.0572. The molecule has 0 saturated carbocycles. The molecule has 2 N–H and O–H groups in total. The fourth-order valence-corrected chi connectivity index (χ4v) is 2.96. The largest absolute Gasteiger partial charge is 0.493 e. The van der Waals surface area contributed by atoms with E-state index in [2.05, 4.69) is 15.8 Å². The van der Waals surface area contributed by atoms with Gasteiger partial charge in [-0.1, -0.05) is 0 Å². The summed E-state index contributed by atoms with van der Waals surface area (Å²) in [4.78, 5) is 37.4. The smallest absolute Gasteiger partial charge is 0.329 e. The van der Waals surface area contributed by atoms with Gasteiger partial charge in [-0.2, -0.15) is 5.10 Å². The first-order chi connectivity index (χ1) is 15.1. The van der Waals surface area contributed by atoms with E-state index in [1.807, 2.05) is 0 Å². The molecule has 2 aromatic rings. The van der Waals surface area contributed by atoms with Gasteiger partial charge in [0.15, 0.2) is 18.1 Å². The summed E-state index contributed by atoms with van der Waals surface area (Å²) < 4.78 is 16.0. The number of furan rings is 1. The molecule has 31 heavy (non-hydrogen) atoms. The third-order valence-corrected chi connectivity index (χ3v) is 4.59. The molecule has 0 unspecified atom stereocenters. The Kier molecular flexibility index (Phi) is 7.63. The minimum atomic E-state index is -0.907. The molecule has 164 valence electrons. The molecule has 1 aromatic carbocycles. The van der Waals surface area contributed by atoms with E-state index in [9.17, 15) is 14.4 Å². The van der Waals surface area contributed by atoms with Gasteiger partial charge in [0.2, 0.25) is 0 Å². The van der Waals surface area contributed by atoms with Crippen molar-refractivity contribution in [1.29, 1.82) is 0 Å². The van der Waals surface area contributed by atoms with Gasteiger partial charge >= 0.3 is 11.8 Å². The molecule has 2 heterocycles. The van der Waals surface area contributed by atoms with Crippen LogP contribution in [0.3, 0.4) is 0 Å². The van der Waals surface area contributed by atoms with Crippen molar-refractivity contribution in [3.8, 4) is 11.5 Å². The first-order valence-electron chi connectivity index (χ1n) is 9.79. The number of rotatable bonds is 8. The maximum atomic E-state index is 12.1. The molecule has 0 radical (unpaired) electrons. The molecule has 3 rings (SSSR count). The zero-order valence-corrected chi connectivity index (χ0v) is 17.1. The molecule has 1 aliphatic rings. The Morgan fingerprint density at radius 3 is 2.68 bits per heavy atom. The van der Waals surface area contributed by atoms with Crippen LogP contribution >= 0.6 is 0 Å². The lowest BCUT2D eigenvalue weighted by Crippen LogP contribution is -2.37. The van der Waals surface area contributed by atoms with Gasteiger partial charge in [-0.3, -0.25) is 14.4 Å². The Hall–Kier alpha value is -3.82. The fraction of sp³-hybridized carbons (Fsp3) is 0.333. The number of amides is 3. The summed E-state index contributed by atoms with van der Waals surface area (Å²) in [5.41, 5.74) is 2.75. The van der Waals surface area contributed by atoms with Crippen molar-refractivity contribution in [3.05, 3.63) is 47.9 Å². The summed E-state index contributed by atoms with van der Waals surface area (Å²) in [6.07, 6.45) is 4.87. The zero-order valence-electron chi connectivity index (χ0n) is 17.1. The highest BCUT2D eigenvalue weighted by atomic mass is 16.5. The van der Waals surface area contributed by atoms with Crippen molar-refractivity contribution >= 4 is 23.9 Å². The quantitative estimate of drug-likeness (QED) is 0.368. The predicted octanol–water partition coefficient (Wildman–Crippen LogP) is 1.06. The standard InChI is InChI=1S/C21H24N4O6/c1-29-18-11-15(6-7-17(18)31-14-19(26)25-8-2-3-9-25)12-23-24-21(28)20(27)22-13-16-5-4-10-30-16/h4-7,10-12H,2-3,8-9,13-14H2,1H3,(H,22,27)(H,24,28)/b23-12-. The van der Waals surface area contributed by atoms with E-state index in [1.54, 1.807) is 35.2 Å². The average Bonchev–Trinajstić information content (AvgIpc) is 3.50. The predicted molar refractivity (Wildman–Crippen MR) is 111 cm³/mol. The van der Waals surface area contributed by atoms with E-state index in [1.165, 1.54) is 19.6 Å². The molecular weight excluding hydrogens is 404 g/mol. The first-order valence-corrected chi connectivity index (χ1v) is 9.79. The van der Waals surface area contributed by atoms with Crippen LogP contribution in [-0.4, -0.2) is 55.6 Å². The topological polar surface area (TPSA) is 122 Å². The normalized spacial score (nSPS) is 13.3. The maximum Gasteiger partial charge on any atom is 0.329 e. The Labute approximate surface area is 179 Å². The number of hydrogen-bond acceptors (Lipinski definition) is 7. The molecule has 10 heteroatoms. The van der Waals surface area contributed by atoms with E-state index in [4.69, 9.17) is 13.9 Å². The monoisotopic (exact) mass is 428 g/mol. The van der Waals surface area contributed by atoms with Crippen LogP contribution in [0.2, 0.25) is 0 Å². The van der Waals surface area contributed by atoms with Crippen molar-refractivity contribution < 1.29 is 28.3 Å². The second-order valence-corrected chi connectivity index (χ2v) is 6.75. The second kappa shape index (κ2) is 10.8. The van der Waals surface area contributed by atoms with Gasteiger partial charge in [-0.05, 0) is 48.7 Å². The van der Waals surface area contributed by atoms with Crippen LogP contribution < -0.4 is 20.2 Å². The highest BCUT2D eigenvalue weighted by molar-refractivity contribution is 6.35. The SMILES string of the molecule is COc1cc(/C=N\NC(=O)C(=O)NCc2ccco2)ccc1OCC(=O)N1CCCC1. The first kappa shape index (κ1) is 21.9. The van der Waals surface area contributed by atoms with Gasteiger partial charge in [-0.15, -0.1) is 0 Å². The van der Waals surface area contributed by atoms with Crippen molar-refractivity contribution in [2.45, 2.75) is 19.4 Å². The molecule has 0 atom stereocenters. The fourth-order valence-electron chi connectivity index (χ4n) is 2.96. The second-order valence-electron chi connectivity index (χ2n) is 6.75. The van der Waals surface area contributed by atoms with Crippen LogP contribution in [-0.2, 0) is 20.9 Å². The summed E-state index contributed by atoms with van der Waals surface area (Å²) in [5, 5.41) is 6.19. The number of hydrazone groups is 1. The molecule has 0 spiro atoms. The summed E-state index contributed by atoms with van der Waals surface area (Å²) in [7, 11) is 1.48. The maximum absolute atomic E-state index is 12.1. The van der Waals surface area contributed by atoms with Crippen LogP contribution in [0, 0.1) is 0 Å². The van der Waals surface area contributed by atoms with Crippen molar-refractivity contribution in [2.75, 3.05) is 26.8 Å². The number of benzene rings is 1. The van der Waals surface area contributed by atoms with E-state index < -0.39 is 11.8 Å². The summed E-state index contributed by atoms with van der Waals surface area (Å²) in [5.74, 6) is -0.429. The number of likely N-dealkylation sites (tertiary alicyclic amines) is 1. The molecule has 0 bridgehead atoms. The molecular formula is C21H24N4O6. The molecule has 10 nitrogen and oxygen atoms in total. The highest BCUT2D eigenvalue weighted by Gasteiger charge is 2.19. The minimum Gasteiger partial charge on any atom is -0.493 e. The Bertz CT molecular complexity index is 935. The van der Waals surface area contributed by atoms with Crippen LogP contribution in [0.25, 0.3) is 0 Å². The number of nitrogens with one attached hydrogen (secondary N) is 2. The Morgan fingerprint density at radius 1 is 1.16 bits per heavy atom. The number of carbonyl (C=O) groups is 3. The third-order valence-electron chi connectivity index (χ3n) is 4.59. The van der Waals surface area contributed by atoms with E-state index in [0.717, 1.165) is 25.9 Å². The van der Waals surface area contributed by atoms with Gasteiger partial charge in [-0.25, -0.2) is 5.43 Å². The number of ether oxygens (including phenoxy) is 2. The molecule has 1 fully saturated rings. The third kappa shape index (κ3) is 6.33. The molecule has 1 aromatic heterocycles. The lowest BCUT2D eigenvalue weighted by atomic mass is 10.2. The van der Waals surface area contributed by atoms with Gasteiger partial charge in [0, 0.05) is 13.1 Å². The summed E-state index contributed by atoms with van der Waals surface area (Å²) in [6.45, 7) is 1.57. The lowest BCUT2D eigenvalue weighted by Gasteiger charge is -2.16. The van der Waals surface area contributed by atoms with Crippen LogP contribution in [0.1, 0.15) is 24.2 Å². The Morgan fingerprint density at radius 2 is 1.97 bits per heavy atom. The number of carbonyl (C=O) groups excluding carboxylic acids is 3. The van der Waals surface area contributed by atoms with Crippen LogP contribution in [0.4, 0.5) is 0 Å². The van der Waals surface area contributed by atoms with E-state index in [-0.39, 0.29) is 19.1 Å². The molecule has 1 aliphatic heterocycles. The Balaban J connectivity index is 1.49. The van der Waals surface area contributed by atoms with Crippen molar-refractivity contribution in [1.82, 2.24) is 15.6 Å². The summed E-state index contributed by atoms with van der Waals surface area (Å²) >= 11 is 0. The zero-order chi connectivity index (χ0) is 22.1. The highest BCUT2D eigenvalue weighted by Crippen LogP contribution is 2.27. The van der Waals surface area contributed by atoms with Crippen LogP contribution in [0.15, 0.2) is 46.1 Å². The lowest BCUT2D eigenvalue weighted by molar-refractivity contribution is -0.139. The van der Waals surface area contributed by atoms with Gasteiger partial charge < -0.3 is 24.1 Å². The van der Waals surface area contributed by atoms with Gasteiger partial charge in [0.1, 0.15) is 5.76 Å². The number of hydrogen-bond donors (Lipinski definition) is 2. The van der Waals surface area contributed by atoms with E-state index >= 15 is 0 Å². The average molecular weight is 428 g/mol. The molecule has 0 aliphatic carbocycles.